The van der Waals surface area contributed by atoms with Crippen molar-refractivity contribution in [2.24, 2.45) is 11.5 Å². The largest absolute Gasteiger partial charge is 0.480 e. The van der Waals surface area contributed by atoms with Gasteiger partial charge in [-0.2, -0.15) is 0 Å². The lowest BCUT2D eigenvalue weighted by molar-refractivity contribution is -0.138. The number of carboxylic acids is 1. The first-order valence-corrected chi connectivity index (χ1v) is 4.40. The smallest absolute Gasteiger partial charge is 0.320 e. The average molecular weight is 194 g/mol. The van der Waals surface area contributed by atoms with E-state index < -0.39 is 12.0 Å². The molecule has 0 aliphatic carbocycles. The van der Waals surface area contributed by atoms with Gasteiger partial charge in [-0.3, -0.25) is 4.79 Å². The standard InChI is InChI=1S/C10H14N2O2/c11-8(6-9(12)10(13)14)7-4-2-1-3-5-7/h1-5,8-9H,6,11-12H2,(H,13,14)/t8-,9+/m1/s1. The van der Waals surface area contributed by atoms with Crippen molar-refractivity contribution in [1.82, 2.24) is 0 Å². The lowest BCUT2D eigenvalue weighted by Crippen LogP contribution is -2.33. The molecule has 0 bridgehead atoms. The third-order valence-corrected chi connectivity index (χ3v) is 2.05. The summed E-state index contributed by atoms with van der Waals surface area (Å²) in [6.07, 6.45) is 0.249. The lowest BCUT2D eigenvalue weighted by atomic mass is 10.0. The Morgan fingerprint density at radius 3 is 2.36 bits per heavy atom. The van der Waals surface area contributed by atoms with Crippen molar-refractivity contribution in [3.8, 4) is 0 Å². The average Bonchev–Trinajstić information content (AvgIpc) is 2.19. The molecular formula is C10H14N2O2. The van der Waals surface area contributed by atoms with Gasteiger partial charge in [0.25, 0.3) is 0 Å². The Morgan fingerprint density at radius 1 is 1.29 bits per heavy atom. The van der Waals surface area contributed by atoms with Gasteiger partial charge in [0, 0.05) is 6.04 Å². The molecule has 4 nitrogen and oxygen atoms in total. The Morgan fingerprint density at radius 2 is 1.86 bits per heavy atom. The third-order valence-electron chi connectivity index (χ3n) is 2.05. The zero-order chi connectivity index (χ0) is 10.6. The van der Waals surface area contributed by atoms with Crippen LogP contribution in [0.25, 0.3) is 0 Å². The molecule has 0 heterocycles. The molecule has 4 heteroatoms. The maximum atomic E-state index is 10.5. The molecule has 1 rings (SSSR count). The molecule has 1 aromatic carbocycles. The second-order valence-electron chi connectivity index (χ2n) is 3.20. The van der Waals surface area contributed by atoms with Crippen LogP contribution in [-0.4, -0.2) is 17.1 Å². The first-order chi connectivity index (χ1) is 6.61. The first-order valence-electron chi connectivity index (χ1n) is 4.40. The molecule has 0 unspecified atom stereocenters. The van der Waals surface area contributed by atoms with Crippen LogP contribution in [0.15, 0.2) is 30.3 Å². The molecule has 0 aliphatic heterocycles. The van der Waals surface area contributed by atoms with Crippen LogP contribution in [-0.2, 0) is 4.79 Å². The van der Waals surface area contributed by atoms with Crippen LogP contribution in [0.1, 0.15) is 18.0 Å². The SMILES string of the molecule is N[C@H](C[C@H](N)C(=O)O)c1ccccc1. The van der Waals surface area contributed by atoms with Gasteiger partial charge in [0.2, 0.25) is 0 Å². The highest BCUT2D eigenvalue weighted by molar-refractivity contribution is 5.73. The van der Waals surface area contributed by atoms with Gasteiger partial charge < -0.3 is 16.6 Å². The predicted octanol–water partition coefficient (Wildman–Crippen LogP) is 0.488. The van der Waals surface area contributed by atoms with Crippen molar-refractivity contribution in [3.05, 3.63) is 35.9 Å². The topological polar surface area (TPSA) is 89.3 Å². The number of aliphatic carboxylic acids is 1. The van der Waals surface area contributed by atoms with Gasteiger partial charge in [-0.05, 0) is 12.0 Å². The summed E-state index contributed by atoms with van der Waals surface area (Å²) in [6, 6.07) is 8.11. The van der Waals surface area contributed by atoms with E-state index in [4.69, 9.17) is 16.6 Å². The summed E-state index contributed by atoms with van der Waals surface area (Å²) < 4.78 is 0. The van der Waals surface area contributed by atoms with Crippen molar-refractivity contribution in [3.63, 3.8) is 0 Å². The van der Waals surface area contributed by atoms with E-state index in [0.717, 1.165) is 5.56 Å². The summed E-state index contributed by atoms with van der Waals surface area (Å²) in [6.45, 7) is 0. The van der Waals surface area contributed by atoms with Gasteiger partial charge >= 0.3 is 5.97 Å². The van der Waals surface area contributed by atoms with E-state index in [2.05, 4.69) is 0 Å². The fraction of sp³-hybridized carbons (Fsp3) is 0.300. The van der Waals surface area contributed by atoms with E-state index >= 15 is 0 Å². The Balaban J connectivity index is 2.59. The molecule has 0 saturated heterocycles. The second kappa shape index (κ2) is 4.74. The molecule has 1 aromatic rings. The van der Waals surface area contributed by atoms with E-state index in [9.17, 15) is 4.79 Å². The van der Waals surface area contributed by atoms with Crippen molar-refractivity contribution < 1.29 is 9.90 Å². The Labute approximate surface area is 82.5 Å². The quantitative estimate of drug-likeness (QED) is 0.650. The van der Waals surface area contributed by atoms with Crippen LogP contribution in [0.2, 0.25) is 0 Å². The fourth-order valence-electron chi connectivity index (χ4n) is 1.21. The van der Waals surface area contributed by atoms with Crippen molar-refractivity contribution >= 4 is 5.97 Å². The zero-order valence-electron chi connectivity index (χ0n) is 7.76. The molecule has 2 atom stereocenters. The Bertz CT molecular complexity index is 300. The van der Waals surface area contributed by atoms with Gasteiger partial charge in [-0.15, -0.1) is 0 Å². The number of carboxylic acid groups (broad SMARTS) is 1. The number of hydrogen-bond donors (Lipinski definition) is 3. The summed E-state index contributed by atoms with van der Waals surface area (Å²) in [7, 11) is 0. The highest BCUT2D eigenvalue weighted by Gasteiger charge is 2.16. The van der Waals surface area contributed by atoms with E-state index in [1.807, 2.05) is 30.3 Å². The second-order valence-corrected chi connectivity index (χ2v) is 3.20. The highest BCUT2D eigenvalue weighted by atomic mass is 16.4. The minimum atomic E-state index is -1.02. The minimum Gasteiger partial charge on any atom is -0.480 e. The molecule has 76 valence electrons. The number of nitrogens with two attached hydrogens (primary N) is 2. The lowest BCUT2D eigenvalue weighted by Gasteiger charge is -2.14. The van der Waals surface area contributed by atoms with E-state index in [-0.39, 0.29) is 12.5 Å². The fourth-order valence-corrected chi connectivity index (χ4v) is 1.21. The maximum Gasteiger partial charge on any atom is 0.320 e. The van der Waals surface area contributed by atoms with Gasteiger partial charge in [0.05, 0.1) is 0 Å². The van der Waals surface area contributed by atoms with Crippen LogP contribution < -0.4 is 11.5 Å². The number of benzene rings is 1. The highest BCUT2D eigenvalue weighted by Crippen LogP contribution is 2.14. The number of rotatable bonds is 4. The number of hydrogen-bond acceptors (Lipinski definition) is 3. The van der Waals surface area contributed by atoms with Gasteiger partial charge in [0.15, 0.2) is 0 Å². The van der Waals surface area contributed by atoms with Crippen LogP contribution >= 0.6 is 0 Å². The molecule has 0 amide bonds. The molecule has 0 aromatic heterocycles. The molecule has 0 fully saturated rings. The first kappa shape index (κ1) is 10.7. The maximum absolute atomic E-state index is 10.5. The Hall–Kier alpha value is -1.39. The normalized spacial score (nSPS) is 14.7. The molecule has 0 radical (unpaired) electrons. The molecule has 0 spiro atoms. The van der Waals surface area contributed by atoms with E-state index in [0.29, 0.717) is 0 Å². The van der Waals surface area contributed by atoms with Crippen molar-refractivity contribution in [2.75, 3.05) is 0 Å². The summed E-state index contributed by atoms with van der Waals surface area (Å²) in [5, 5.41) is 8.60. The van der Waals surface area contributed by atoms with Crippen LogP contribution in [0.4, 0.5) is 0 Å². The summed E-state index contributed by atoms with van der Waals surface area (Å²) in [4.78, 5) is 10.5. The Kier molecular flexibility index (Phi) is 3.62. The van der Waals surface area contributed by atoms with Gasteiger partial charge in [-0.1, -0.05) is 30.3 Å². The van der Waals surface area contributed by atoms with Crippen molar-refractivity contribution in [1.29, 1.82) is 0 Å². The van der Waals surface area contributed by atoms with Crippen LogP contribution in [0, 0.1) is 0 Å². The third kappa shape index (κ3) is 2.83. The zero-order valence-corrected chi connectivity index (χ0v) is 7.76. The van der Waals surface area contributed by atoms with Gasteiger partial charge in [-0.25, -0.2) is 0 Å². The molecule has 0 aliphatic rings. The summed E-state index contributed by atoms with van der Waals surface area (Å²) in [5.74, 6) is -1.02. The van der Waals surface area contributed by atoms with Gasteiger partial charge in [0.1, 0.15) is 6.04 Å². The van der Waals surface area contributed by atoms with Crippen molar-refractivity contribution in [2.45, 2.75) is 18.5 Å². The summed E-state index contributed by atoms with van der Waals surface area (Å²) >= 11 is 0. The van der Waals surface area contributed by atoms with Crippen LogP contribution in [0.5, 0.6) is 0 Å². The number of carbonyl (C=O) groups is 1. The van der Waals surface area contributed by atoms with E-state index in [1.54, 1.807) is 0 Å². The van der Waals surface area contributed by atoms with E-state index in [1.165, 1.54) is 0 Å². The summed E-state index contributed by atoms with van der Waals surface area (Å²) in [5.41, 5.74) is 12.1. The molecular weight excluding hydrogens is 180 g/mol. The molecule has 14 heavy (non-hydrogen) atoms. The minimum absolute atomic E-state index is 0.249. The molecule has 0 saturated carbocycles. The molecule has 5 N–H and O–H groups in total. The monoisotopic (exact) mass is 194 g/mol. The van der Waals surface area contributed by atoms with Crippen LogP contribution in [0.3, 0.4) is 0 Å². The predicted molar refractivity (Wildman–Crippen MR) is 53.6 cm³/mol.